The minimum Gasteiger partial charge on any atom is -1.00 e. The minimum absolute atomic E-state index is 0. The van der Waals surface area contributed by atoms with E-state index in [0.717, 1.165) is 52.9 Å². The standard InChI is InChI=1S/C24H25Cl2N2O.ClH/c25-20-6-5-17(13-21(20)26)15-28-11-8-16(9-12-28)14-23(28)24(29)19-7-10-27-22-4-2-1-3-18(19)22;/h1-7,10,13,16,23-24,29H,8-9,11-12,14-15H2;1H/q+1;/p-1/t16?,23-,24+,28?;/m1./s1. The van der Waals surface area contributed by atoms with E-state index in [1.54, 1.807) is 0 Å². The lowest BCUT2D eigenvalue weighted by Crippen LogP contribution is -3.00. The summed E-state index contributed by atoms with van der Waals surface area (Å²) in [4.78, 5) is 4.48. The number of halogens is 3. The van der Waals surface area contributed by atoms with Crippen LogP contribution in [0.15, 0.2) is 54.7 Å². The Balaban J connectivity index is 0.00000218. The van der Waals surface area contributed by atoms with Gasteiger partial charge in [-0.05, 0) is 48.6 Å². The van der Waals surface area contributed by atoms with Crippen LogP contribution in [0.3, 0.4) is 0 Å². The van der Waals surface area contributed by atoms with Crippen molar-refractivity contribution < 1.29 is 22.0 Å². The number of benzene rings is 2. The van der Waals surface area contributed by atoms with Crippen molar-refractivity contribution in [1.29, 1.82) is 0 Å². The molecule has 2 aromatic carbocycles. The van der Waals surface area contributed by atoms with Crippen molar-refractivity contribution >= 4 is 34.1 Å². The number of para-hydroxylation sites is 1. The lowest BCUT2D eigenvalue weighted by Gasteiger charge is -2.55. The molecule has 3 aliphatic rings. The van der Waals surface area contributed by atoms with Gasteiger partial charge >= 0.3 is 0 Å². The van der Waals surface area contributed by atoms with Crippen molar-refractivity contribution in [1.82, 2.24) is 4.98 Å². The van der Waals surface area contributed by atoms with Gasteiger partial charge in [-0.2, -0.15) is 0 Å². The molecule has 6 rings (SSSR count). The molecule has 0 saturated carbocycles. The average molecular weight is 464 g/mol. The van der Waals surface area contributed by atoms with Crippen molar-refractivity contribution in [2.75, 3.05) is 13.1 Å². The molecule has 0 aliphatic carbocycles. The van der Waals surface area contributed by atoms with Crippen LogP contribution < -0.4 is 12.4 Å². The average Bonchev–Trinajstić information content (AvgIpc) is 2.76. The van der Waals surface area contributed by atoms with Gasteiger partial charge in [0.2, 0.25) is 0 Å². The third-order valence-electron chi connectivity index (χ3n) is 7.09. The first-order valence-corrected chi connectivity index (χ1v) is 11.1. The number of aromatic nitrogens is 1. The molecule has 30 heavy (non-hydrogen) atoms. The summed E-state index contributed by atoms with van der Waals surface area (Å²) in [5, 5.41) is 13.9. The molecular formula is C24H25Cl3N2O. The number of piperidine rings is 3. The van der Waals surface area contributed by atoms with Gasteiger partial charge in [0.05, 0.1) is 28.7 Å². The smallest absolute Gasteiger partial charge is 0.131 e. The summed E-state index contributed by atoms with van der Waals surface area (Å²) in [7, 11) is 0. The molecule has 0 amide bonds. The molecular weight excluding hydrogens is 439 g/mol. The van der Waals surface area contributed by atoms with Gasteiger partial charge in [0.1, 0.15) is 18.7 Å². The van der Waals surface area contributed by atoms with Gasteiger partial charge in [0.15, 0.2) is 0 Å². The second-order valence-electron chi connectivity index (χ2n) is 8.68. The Hall–Kier alpha value is -1.36. The van der Waals surface area contributed by atoms with E-state index in [2.05, 4.69) is 17.1 Å². The summed E-state index contributed by atoms with van der Waals surface area (Å²) in [6, 6.07) is 16.2. The number of fused-ring (bicyclic) bond motifs is 4. The second kappa shape index (κ2) is 8.64. The first-order chi connectivity index (χ1) is 14.1. The number of quaternary nitrogens is 1. The van der Waals surface area contributed by atoms with Crippen LogP contribution in [0.1, 0.15) is 36.5 Å². The van der Waals surface area contributed by atoms with Crippen molar-refractivity contribution in [2.24, 2.45) is 5.92 Å². The SMILES string of the molecule is O[C@@H](c1ccnc2ccccc12)[C@H]1CC2CC[N+]1(Cc1ccc(Cl)c(Cl)c1)CC2.[Cl-]. The van der Waals surface area contributed by atoms with Gasteiger partial charge in [-0.25, -0.2) is 0 Å². The van der Waals surface area contributed by atoms with Gasteiger partial charge in [-0.3, -0.25) is 4.98 Å². The fourth-order valence-corrected chi connectivity index (χ4v) is 5.88. The number of pyridine rings is 1. The highest BCUT2D eigenvalue weighted by Crippen LogP contribution is 2.45. The normalized spacial score (nSPS) is 26.4. The Bertz CT molecular complexity index is 1040. The predicted octanol–water partition coefficient (Wildman–Crippen LogP) is 2.78. The molecule has 1 N–H and O–H groups in total. The third-order valence-corrected chi connectivity index (χ3v) is 7.83. The predicted molar refractivity (Wildman–Crippen MR) is 118 cm³/mol. The highest BCUT2D eigenvalue weighted by Gasteiger charge is 2.50. The van der Waals surface area contributed by atoms with Crippen LogP contribution in [0.5, 0.6) is 0 Å². The second-order valence-corrected chi connectivity index (χ2v) is 9.50. The van der Waals surface area contributed by atoms with Crippen LogP contribution in [0.4, 0.5) is 0 Å². The molecule has 158 valence electrons. The van der Waals surface area contributed by atoms with E-state index in [4.69, 9.17) is 23.2 Å². The molecule has 3 nitrogen and oxygen atoms in total. The molecule has 6 heteroatoms. The van der Waals surface area contributed by atoms with Crippen LogP contribution in [-0.4, -0.2) is 33.7 Å². The molecule has 2 bridgehead atoms. The first-order valence-electron chi connectivity index (χ1n) is 10.4. The van der Waals surface area contributed by atoms with Crippen molar-refractivity contribution in [3.8, 4) is 0 Å². The molecule has 3 aliphatic heterocycles. The maximum atomic E-state index is 11.6. The lowest BCUT2D eigenvalue weighted by molar-refractivity contribution is -0.981. The molecule has 2 atom stereocenters. The number of aliphatic hydroxyl groups is 1. The fourth-order valence-electron chi connectivity index (χ4n) is 5.56. The third kappa shape index (κ3) is 3.83. The van der Waals surface area contributed by atoms with E-state index in [0.29, 0.717) is 10.0 Å². The van der Waals surface area contributed by atoms with E-state index >= 15 is 0 Å². The Morgan fingerprint density at radius 1 is 1.03 bits per heavy atom. The van der Waals surface area contributed by atoms with Gasteiger partial charge in [0, 0.05) is 23.6 Å². The summed E-state index contributed by atoms with van der Waals surface area (Å²) in [5.74, 6) is 0.719. The zero-order valence-electron chi connectivity index (χ0n) is 16.6. The number of nitrogens with zero attached hydrogens (tertiary/aromatic N) is 2. The molecule has 1 aromatic heterocycles. The quantitative estimate of drug-likeness (QED) is 0.604. The Morgan fingerprint density at radius 3 is 2.57 bits per heavy atom. The van der Waals surface area contributed by atoms with Crippen molar-refractivity contribution in [2.45, 2.75) is 38.0 Å². The largest absolute Gasteiger partial charge is 1.00 e. The number of aliphatic hydroxyl groups excluding tert-OH is 1. The van der Waals surface area contributed by atoms with Crippen LogP contribution in [0.25, 0.3) is 10.9 Å². The van der Waals surface area contributed by atoms with E-state index in [1.807, 2.05) is 42.6 Å². The van der Waals surface area contributed by atoms with E-state index < -0.39 is 6.10 Å². The highest BCUT2D eigenvalue weighted by atomic mass is 35.5. The van der Waals surface area contributed by atoms with E-state index in [9.17, 15) is 5.11 Å². The zero-order valence-corrected chi connectivity index (χ0v) is 18.9. The van der Waals surface area contributed by atoms with Crippen molar-refractivity contribution in [3.63, 3.8) is 0 Å². The summed E-state index contributed by atoms with van der Waals surface area (Å²) >= 11 is 12.4. The maximum Gasteiger partial charge on any atom is 0.131 e. The topological polar surface area (TPSA) is 33.1 Å². The monoisotopic (exact) mass is 462 g/mol. The van der Waals surface area contributed by atoms with Crippen LogP contribution in [0.2, 0.25) is 10.0 Å². The molecule has 4 heterocycles. The summed E-state index contributed by atoms with van der Waals surface area (Å²) in [6.07, 6.45) is 4.86. The highest BCUT2D eigenvalue weighted by molar-refractivity contribution is 6.42. The van der Waals surface area contributed by atoms with Crippen LogP contribution >= 0.6 is 23.2 Å². The first kappa shape index (κ1) is 21.9. The maximum absolute atomic E-state index is 11.6. The van der Waals surface area contributed by atoms with Gasteiger partial charge in [-0.1, -0.05) is 47.5 Å². The molecule has 0 radical (unpaired) electrons. The molecule has 0 unspecified atom stereocenters. The Kier molecular flexibility index (Phi) is 6.30. The zero-order chi connectivity index (χ0) is 20.0. The summed E-state index contributed by atoms with van der Waals surface area (Å²) < 4.78 is 0.923. The fraction of sp³-hybridized carbons (Fsp3) is 0.375. The van der Waals surface area contributed by atoms with Gasteiger partial charge in [-0.15, -0.1) is 0 Å². The number of rotatable bonds is 4. The summed E-state index contributed by atoms with van der Waals surface area (Å²) in [5.41, 5.74) is 3.13. The van der Waals surface area contributed by atoms with E-state index in [-0.39, 0.29) is 18.4 Å². The molecule has 3 fully saturated rings. The Labute approximate surface area is 193 Å². The minimum atomic E-state index is -0.506. The van der Waals surface area contributed by atoms with Crippen LogP contribution in [0, 0.1) is 5.92 Å². The number of hydrogen-bond donors (Lipinski definition) is 1. The molecule has 0 spiro atoms. The van der Waals surface area contributed by atoms with Crippen molar-refractivity contribution in [3.05, 3.63) is 75.9 Å². The van der Waals surface area contributed by atoms with Gasteiger partial charge in [0.25, 0.3) is 0 Å². The molecule has 3 aromatic rings. The molecule has 3 saturated heterocycles. The van der Waals surface area contributed by atoms with Crippen LogP contribution in [-0.2, 0) is 6.54 Å². The summed E-state index contributed by atoms with van der Waals surface area (Å²) in [6.45, 7) is 3.10. The number of hydrogen-bond acceptors (Lipinski definition) is 2. The lowest BCUT2D eigenvalue weighted by atomic mass is 9.76. The van der Waals surface area contributed by atoms with Gasteiger partial charge < -0.3 is 22.0 Å². The van der Waals surface area contributed by atoms with E-state index in [1.165, 1.54) is 18.4 Å². The Morgan fingerprint density at radius 2 is 1.80 bits per heavy atom.